The molecule has 0 aliphatic rings. The number of nitrogens with one attached hydrogen (secondary N) is 1. The van der Waals surface area contributed by atoms with Gasteiger partial charge in [0.2, 0.25) is 5.88 Å². The van der Waals surface area contributed by atoms with Crippen molar-refractivity contribution in [2.24, 2.45) is 5.73 Å². The molecule has 3 N–H and O–H groups in total. The fraction of sp³-hybridized carbons (Fsp3) is 0.444. The number of nitrogens with two attached hydrogens (primary N) is 1. The zero-order valence-corrected chi connectivity index (χ0v) is 9.22. The Labute approximate surface area is 95.3 Å². The van der Waals surface area contributed by atoms with Crippen LogP contribution in [0.2, 0.25) is 0 Å². The third-order valence-corrected chi connectivity index (χ3v) is 2.06. The van der Waals surface area contributed by atoms with Crippen molar-refractivity contribution < 1.29 is 17.9 Å². The molecule has 0 bridgehead atoms. The van der Waals surface area contributed by atoms with Crippen LogP contribution in [0.3, 0.4) is 0 Å². The SMILES string of the molecule is Cc1nnc(OCC(F)(F)F)c(C(=N)N)c1C. The van der Waals surface area contributed by atoms with Gasteiger partial charge in [-0.2, -0.15) is 18.3 Å². The van der Waals surface area contributed by atoms with Gasteiger partial charge in [-0.1, -0.05) is 0 Å². The molecule has 94 valence electrons. The molecule has 1 aromatic heterocycles. The van der Waals surface area contributed by atoms with Crippen molar-refractivity contribution in [1.29, 1.82) is 5.41 Å². The maximum atomic E-state index is 12.0. The summed E-state index contributed by atoms with van der Waals surface area (Å²) in [5, 5.41) is 14.4. The number of hydrogen-bond acceptors (Lipinski definition) is 4. The number of halogens is 3. The second kappa shape index (κ2) is 4.56. The zero-order valence-electron chi connectivity index (χ0n) is 9.22. The predicted molar refractivity (Wildman–Crippen MR) is 54.1 cm³/mol. The topological polar surface area (TPSA) is 84.9 Å². The molecule has 0 aromatic carbocycles. The van der Waals surface area contributed by atoms with E-state index in [2.05, 4.69) is 14.9 Å². The molecule has 1 rings (SSSR count). The number of nitrogens with zero attached hydrogens (tertiary/aromatic N) is 2. The summed E-state index contributed by atoms with van der Waals surface area (Å²) in [4.78, 5) is 0. The van der Waals surface area contributed by atoms with Crippen LogP contribution < -0.4 is 10.5 Å². The first-order valence-electron chi connectivity index (χ1n) is 4.60. The summed E-state index contributed by atoms with van der Waals surface area (Å²) in [6.45, 7) is 1.70. The molecule has 0 aliphatic carbocycles. The smallest absolute Gasteiger partial charge is 0.422 e. The number of aryl methyl sites for hydroxylation is 1. The largest absolute Gasteiger partial charge is 0.466 e. The average Bonchev–Trinajstić information content (AvgIpc) is 2.18. The number of rotatable bonds is 3. The first-order chi connectivity index (χ1) is 7.72. The number of amidine groups is 1. The lowest BCUT2D eigenvalue weighted by Gasteiger charge is -2.13. The highest BCUT2D eigenvalue weighted by Crippen LogP contribution is 2.22. The molecular formula is C9H11F3N4O. The molecule has 0 amide bonds. The molecule has 0 unspecified atom stereocenters. The van der Waals surface area contributed by atoms with Gasteiger partial charge < -0.3 is 10.5 Å². The van der Waals surface area contributed by atoms with E-state index < -0.39 is 18.6 Å². The molecule has 0 fully saturated rings. The first kappa shape index (κ1) is 13.2. The van der Waals surface area contributed by atoms with Crippen LogP contribution >= 0.6 is 0 Å². The Morgan fingerprint density at radius 2 is 1.94 bits per heavy atom. The number of ether oxygens (including phenoxy) is 1. The standard InChI is InChI=1S/C9H11F3N4O/c1-4-5(2)15-16-8(6(4)7(13)14)17-3-9(10,11)12/h3H2,1-2H3,(H3,13,14). The molecule has 0 atom stereocenters. The second-order valence-electron chi connectivity index (χ2n) is 3.41. The lowest BCUT2D eigenvalue weighted by Crippen LogP contribution is -2.23. The molecule has 8 heteroatoms. The fourth-order valence-electron chi connectivity index (χ4n) is 1.16. The molecule has 0 spiro atoms. The quantitative estimate of drug-likeness (QED) is 0.624. The predicted octanol–water partition coefficient (Wildman–Crippen LogP) is 1.32. The van der Waals surface area contributed by atoms with Crippen molar-refractivity contribution in [3.63, 3.8) is 0 Å². The molecule has 1 heterocycles. The maximum absolute atomic E-state index is 12.0. The summed E-state index contributed by atoms with van der Waals surface area (Å²) in [5.41, 5.74) is 6.28. The highest BCUT2D eigenvalue weighted by atomic mass is 19.4. The highest BCUT2D eigenvalue weighted by Gasteiger charge is 2.29. The van der Waals surface area contributed by atoms with Crippen molar-refractivity contribution >= 4 is 5.84 Å². The summed E-state index contributed by atoms with van der Waals surface area (Å²) in [7, 11) is 0. The van der Waals surface area contributed by atoms with E-state index in [-0.39, 0.29) is 11.4 Å². The van der Waals surface area contributed by atoms with Gasteiger partial charge in [-0.25, -0.2) is 0 Å². The van der Waals surface area contributed by atoms with E-state index in [1.165, 1.54) is 0 Å². The van der Waals surface area contributed by atoms with Crippen molar-refractivity contribution in [2.45, 2.75) is 20.0 Å². The Hall–Kier alpha value is -1.86. The summed E-state index contributed by atoms with van der Waals surface area (Å²) >= 11 is 0. The van der Waals surface area contributed by atoms with E-state index >= 15 is 0 Å². The third-order valence-electron chi connectivity index (χ3n) is 2.06. The van der Waals surface area contributed by atoms with Crippen LogP contribution in [0.15, 0.2) is 0 Å². The molecule has 0 radical (unpaired) electrons. The average molecular weight is 248 g/mol. The van der Waals surface area contributed by atoms with Gasteiger partial charge in [-0.3, -0.25) is 5.41 Å². The number of hydrogen-bond donors (Lipinski definition) is 2. The Kier molecular flexibility index (Phi) is 3.54. The summed E-state index contributed by atoms with van der Waals surface area (Å²) in [5.74, 6) is -0.782. The van der Waals surface area contributed by atoms with Gasteiger partial charge in [0.25, 0.3) is 0 Å². The lowest BCUT2D eigenvalue weighted by atomic mass is 10.1. The minimum atomic E-state index is -4.48. The van der Waals surface area contributed by atoms with E-state index in [1.54, 1.807) is 13.8 Å². The van der Waals surface area contributed by atoms with Gasteiger partial charge in [0, 0.05) is 0 Å². The lowest BCUT2D eigenvalue weighted by molar-refractivity contribution is -0.154. The minimum Gasteiger partial charge on any atom is -0.466 e. The third kappa shape index (κ3) is 3.30. The monoisotopic (exact) mass is 248 g/mol. The molecular weight excluding hydrogens is 237 g/mol. The van der Waals surface area contributed by atoms with Crippen molar-refractivity contribution in [2.75, 3.05) is 6.61 Å². The van der Waals surface area contributed by atoms with E-state index in [0.717, 1.165) is 0 Å². The molecule has 0 saturated heterocycles. The van der Waals surface area contributed by atoms with Gasteiger partial charge in [-0.15, -0.1) is 5.10 Å². The summed E-state index contributed by atoms with van der Waals surface area (Å²) in [6, 6.07) is 0. The zero-order chi connectivity index (χ0) is 13.2. The van der Waals surface area contributed by atoms with Gasteiger partial charge >= 0.3 is 6.18 Å². The van der Waals surface area contributed by atoms with E-state index in [9.17, 15) is 13.2 Å². The van der Waals surface area contributed by atoms with Crippen molar-refractivity contribution in [1.82, 2.24) is 10.2 Å². The van der Waals surface area contributed by atoms with E-state index in [0.29, 0.717) is 11.3 Å². The van der Waals surface area contributed by atoms with Crippen molar-refractivity contribution in [3.8, 4) is 5.88 Å². The van der Waals surface area contributed by atoms with Crippen LogP contribution in [0.5, 0.6) is 5.88 Å². The normalized spacial score (nSPS) is 11.4. The summed E-state index contributed by atoms with van der Waals surface area (Å²) in [6.07, 6.45) is -4.48. The van der Waals surface area contributed by atoms with Crippen LogP contribution in [0.25, 0.3) is 0 Å². The maximum Gasteiger partial charge on any atom is 0.422 e. The van der Waals surface area contributed by atoms with E-state index in [1.807, 2.05) is 0 Å². The van der Waals surface area contributed by atoms with Gasteiger partial charge in [0.05, 0.1) is 11.3 Å². The second-order valence-corrected chi connectivity index (χ2v) is 3.41. The van der Waals surface area contributed by atoms with Crippen LogP contribution in [-0.2, 0) is 0 Å². The van der Waals surface area contributed by atoms with Gasteiger partial charge in [-0.05, 0) is 19.4 Å². The number of alkyl halides is 3. The molecule has 17 heavy (non-hydrogen) atoms. The minimum absolute atomic E-state index is 0.0433. The summed E-state index contributed by atoms with van der Waals surface area (Å²) < 4.78 is 40.5. The van der Waals surface area contributed by atoms with Crippen LogP contribution in [-0.4, -0.2) is 28.8 Å². The first-order valence-corrected chi connectivity index (χ1v) is 4.60. The van der Waals surface area contributed by atoms with Crippen molar-refractivity contribution in [3.05, 3.63) is 16.8 Å². The Balaban J connectivity index is 3.08. The number of nitrogen functional groups attached to an aromatic ring is 1. The Morgan fingerprint density at radius 1 is 1.35 bits per heavy atom. The van der Waals surface area contributed by atoms with Crippen LogP contribution in [0.4, 0.5) is 13.2 Å². The number of aromatic nitrogens is 2. The van der Waals surface area contributed by atoms with Crippen LogP contribution in [0, 0.1) is 19.3 Å². The van der Waals surface area contributed by atoms with E-state index in [4.69, 9.17) is 11.1 Å². The Bertz CT molecular complexity index is 445. The molecule has 0 aliphatic heterocycles. The Morgan fingerprint density at radius 3 is 2.41 bits per heavy atom. The fourth-order valence-corrected chi connectivity index (χ4v) is 1.16. The highest BCUT2D eigenvalue weighted by molar-refractivity contribution is 5.98. The van der Waals surface area contributed by atoms with Gasteiger partial charge in [0.1, 0.15) is 5.84 Å². The van der Waals surface area contributed by atoms with Crippen LogP contribution in [0.1, 0.15) is 16.8 Å². The van der Waals surface area contributed by atoms with Gasteiger partial charge in [0.15, 0.2) is 6.61 Å². The molecule has 5 nitrogen and oxygen atoms in total. The molecule has 1 aromatic rings. The molecule has 0 saturated carbocycles.